The van der Waals surface area contributed by atoms with Crippen LogP contribution in [-0.2, 0) is 55.5 Å². The lowest BCUT2D eigenvalue weighted by molar-refractivity contribution is -0.372. The zero-order valence-electron chi connectivity index (χ0n) is 29.3. The van der Waals surface area contributed by atoms with E-state index in [1.165, 1.54) is 22.3 Å². The molecule has 0 aromatic heterocycles. The van der Waals surface area contributed by atoms with Gasteiger partial charge in [-0.3, -0.25) is 0 Å². The Balaban J connectivity index is 1.41. The van der Waals surface area contributed by atoms with Crippen LogP contribution in [0.25, 0.3) is 0 Å². The van der Waals surface area contributed by atoms with E-state index in [4.69, 9.17) is 23.7 Å². The van der Waals surface area contributed by atoms with E-state index in [0.29, 0.717) is 19.8 Å². The van der Waals surface area contributed by atoms with Crippen LogP contribution in [0.1, 0.15) is 58.7 Å². The largest absolute Gasteiger partial charge is 0.394 e. The van der Waals surface area contributed by atoms with E-state index in [2.05, 4.69) is 75.0 Å². The lowest BCUT2D eigenvalue weighted by Crippen LogP contribution is -2.62. The van der Waals surface area contributed by atoms with Crippen molar-refractivity contribution in [2.45, 2.75) is 76.8 Å². The van der Waals surface area contributed by atoms with Gasteiger partial charge in [0, 0.05) is 25.2 Å². The van der Waals surface area contributed by atoms with Gasteiger partial charge in [-0.2, -0.15) is 0 Å². The number of unbranched alkanes of at least 4 members (excludes halogenated alkanes) is 1. The molecular weight excluding hydrogens is 612 g/mol. The number of ether oxygens (including phenoxy) is 5. The Hall–Kier alpha value is -3.62. The molecule has 0 aliphatic carbocycles. The standard InChI is InChI=1S/C43H52O6/c1-5-25-46-26-13-12-14-34-20-22-35(23-21-34)27-38-28-39(24-19-32(38)2)43(45-4)42(48-31-37-17-10-7-11-18-37)41(33(3)40(29-44)49-43)47-30-36-15-8-6-9-16-36/h5-11,15-24,28,33,40-42,44H,1,12-14,25-27,29-31H2,2-4H3/t33-,40-,41+,42-,43+/m1/s1. The van der Waals surface area contributed by atoms with Gasteiger partial charge in [-0.05, 0) is 72.1 Å². The minimum atomic E-state index is -1.32. The Morgan fingerprint density at radius 3 is 2.10 bits per heavy atom. The zero-order valence-corrected chi connectivity index (χ0v) is 29.3. The highest BCUT2D eigenvalue weighted by molar-refractivity contribution is 5.39. The Morgan fingerprint density at radius 2 is 1.47 bits per heavy atom. The summed E-state index contributed by atoms with van der Waals surface area (Å²) in [5.41, 5.74) is 7.86. The summed E-state index contributed by atoms with van der Waals surface area (Å²) in [6.45, 7) is 9.85. The fraction of sp³-hybridized carbons (Fsp3) is 0.395. The molecule has 0 radical (unpaired) electrons. The van der Waals surface area contributed by atoms with Gasteiger partial charge in [0.25, 0.3) is 0 Å². The van der Waals surface area contributed by atoms with Crippen LogP contribution in [0.4, 0.5) is 0 Å². The summed E-state index contributed by atoms with van der Waals surface area (Å²) in [4.78, 5) is 0. The summed E-state index contributed by atoms with van der Waals surface area (Å²) in [5.74, 6) is -1.49. The monoisotopic (exact) mass is 664 g/mol. The Bertz CT molecular complexity index is 1560. The van der Waals surface area contributed by atoms with E-state index in [1.807, 2.05) is 48.5 Å². The molecule has 1 heterocycles. The highest BCUT2D eigenvalue weighted by Crippen LogP contribution is 2.45. The van der Waals surface area contributed by atoms with Gasteiger partial charge in [-0.25, -0.2) is 0 Å². The first-order chi connectivity index (χ1) is 24.0. The average Bonchev–Trinajstić information content (AvgIpc) is 3.14. The zero-order chi connectivity index (χ0) is 34.5. The molecule has 260 valence electrons. The van der Waals surface area contributed by atoms with Crippen molar-refractivity contribution in [2.24, 2.45) is 5.92 Å². The molecule has 1 saturated heterocycles. The summed E-state index contributed by atoms with van der Waals surface area (Å²) in [5, 5.41) is 10.6. The molecule has 6 nitrogen and oxygen atoms in total. The van der Waals surface area contributed by atoms with Gasteiger partial charge in [-0.1, -0.05) is 110 Å². The molecule has 6 heteroatoms. The van der Waals surface area contributed by atoms with Crippen molar-refractivity contribution in [1.29, 1.82) is 0 Å². The molecule has 0 spiro atoms. The minimum Gasteiger partial charge on any atom is -0.394 e. The normalized spacial score (nSPS) is 22.2. The fourth-order valence-electron chi connectivity index (χ4n) is 6.61. The summed E-state index contributed by atoms with van der Waals surface area (Å²) < 4.78 is 32.2. The SMILES string of the molecule is C=CCOCCCCc1ccc(Cc2cc([C@]3(OC)O[C@H](CO)[C@@H](C)[C@H](OCc4ccccc4)[C@H]3OCc3ccccc3)ccc2C)cc1. The first-order valence-corrected chi connectivity index (χ1v) is 17.5. The van der Waals surface area contributed by atoms with Crippen molar-refractivity contribution in [1.82, 2.24) is 0 Å². The molecule has 5 rings (SSSR count). The summed E-state index contributed by atoms with van der Waals surface area (Å²) in [6.07, 6.45) is 4.12. The number of benzene rings is 4. The van der Waals surface area contributed by atoms with Crippen LogP contribution in [0.15, 0.2) is 116 Å². The van der Waals surface area contributed by atoms with Crippen LogP contribution in [0.5, 0.6) is 0 Å². The predicted molar refractivity (Wildman–Crippen MR) is 194 cm³/mol. The van der Waals surface area contributed by atoms with E-state index in [0.717, 1.165) is 49.0 Å². The molecule has 4 aromatic carbocycles. The smallest absolute Gasteiger partial charge is 0.224 e. The molecule has 1 fully saturated rings. The predicted octanol–water partition coefficient (Wildman–Crippen LogP) is 8.11. The van der Waals surface area contributed by atoms with Gasteiger partial charge in [0.05, 0.1) is 38.6 Å². The lowest BCUT2D eigenvalue weighted by Gasteiger charge is -2.51. The lowest BCUT2D eigenvalue weighted by atomic mass is 9.82. The number of hydrogen-bond donors (Lipinski definition) is 1. The number of rotatable bonds is 18. The summed E-state index contributed by atoms with van der Waals surface area (Å²) in [6, 6.07) is 35.5. The molecule has 4 aromatic rings. The van der Waals surface area contributed by atoms with Crippen LogP contribution in [0, 0.1) is 12.8 Å². The van der Waals surface area contributed by atoms with Gasteiger partial charge < -0.3 is 28.8 Å². The van der Waals surface area contributed by atoms with Crippen molar-refractivity contribution < 1.29 is 28.8 Å². The van der Waals surface area contributed by atoms with Gasteiger partial charge in [-0.15, -0.1) is 6.58 Å². The average molecular weight is 665 g/mol. The molecule has 0 amide bonds. The van der Waals surface area contributed by atoms with Crippen molar-refractivity contribution in [3.8, 4) is 0 Å². The van der Waals surface area contributed by atoms with Gasteiger partial charge in [0.1, 0.15) is 6.10 Å². The molecule has 49 heavy (non-hydrogen) atoms. The molecule has 1 aliphatic heterocycles. The second kappa shape index (κ2) is 18.4. The third kappa shape index (κ3) is 9.55. The van der Waals surface area contributed by atoms with Crippen LogP contribution >= 0.6 is 0 Å². The van der Waals surface area contributed by atoms with E-state index in [1.54, 1.807) is 13.2 Å². The van der Waals surface area contributed by atoms with Crippen molar-refractivity contribution >= 4 is 0 Å². The first kappa shape index (κ1) is 36.7. The van der Waals surface area contributed by atoms with Crippen molar-refractivity contribution in [3.05, 3.63) is 155 Å². The highest BCUT2D eigenvalue weighted by atomic mass is 16.7. The van der Waals surface area contributed by atoms with Gasteiger partial charge >= 0.3 is 0 Å². The molecular formula is C43H52O6. The third-order valence-corrected chi connectivity index (χ3v) is 9.55. The summed E-state index contributed by atoms with van der Waals surface area (Å²) in [7, 11) is 1.65. The topological polar surface area (TPSA) is 66.4 Å². The molecule has 1 aliphatic rings. The maximum absolute atomic E-state index is 10.6. The molecule has 1 N–H and O–H groups in total. The number of hydrogen-bond acceptors (Lipinski definition) is 6. The minimum absolute atomic E-state index is 0.166. The van der Waals surface area contributed by atoms with Crippen LogP contribution < -0.4 is 0 Å². The van der Waals surface area contributed by atoms with Crippen molar-refractivity contribution in [3.63, 3.8) is 0 Å². The third-order valence-electron chi connectivity index (χ3n) is 9.55. The van der Waals surface area contributed by atoms with E-state index in [-0.39, 0.29) is 12.5 Å². The maximum atomic E-state index is 10.6. The molecule has 5 atom stereocenters. The molecule has 0 unspecified atom stereocenters. The van der Waals surface area contributed by atoms with E-state index in [9.17, 15) is 5.11 Å². The first-order valence-electron chi connectivity index (χ1n) is 17.5. The second-order valence-corrected chi connectivity index (χ2v) is 13.0. The summed E-state index contributed by atoms with van der Waals surface area (Å²) >= 11 is 0. The van der Waals surface area contributed by atoms with Gasteiger partial charge in [0.2, 0.25) is 5.79 Å². The fourth-order valence-corrected chi connectivity index (χ4v) is 6.61. The highest BCUT2D eigenvalue weighted by Gasteiger charge is 2.56. The Kier molecular flexibility index (Phi) is 13.8. The van der Waals surface area contributed by atoms with E-state index >= 15 is 0 Å². The Morgan fingerprint density at radius 1 is 0.816 bits per heavy atom. The molecule has 0 bridgehead atoms. The van der Waals surface area contributed by atoms with Crippen LogP contribution in [-0.4, -0.2) is 50.3 Å². The maximum Gasteiger partial charge on any atom is 0.224 e. The van der Waals surface area contributed by atoms with Crippen LogP contribution in [0.3, 0.4) is 0 Å². The number of aryl methyl sites for hydroxylation is 2. The quantitative estimate of drug-likeness (QED) is 0.0857. The number of methoxy groups -OCH3 is 1. The number of aliphatic hydroxyl groups excluding tert-OH is 1. The van der Waals surface area contributed by atoms with Gasteiger partial charge in [0.15, 0.2) is 0 Å². The van der Waals surface area contributed by atoms with Crippen LogP contribution in [0.2, 0.25) is 0 Å². The Labute approximate surface area is 292 Å². The second-order valence-electron chi connectivity index (χ2n) is 13.0. The van der Waals surface area contributed by atoms with E-state index < -0.39 is 24.1 Å². The number of aliphatic hydroxyl groups is 1. The molecule has 0 saturated carbocycles. The van der Waals surface area contributed by atoms with Crippen molar-refractivity contribution in [2.75, 3.05) is 26.9 Å².